The summed E-state index contributed by atoms with van der Waals surface area (Å²) in [5.41, 5.74) is 3.72. The first-order chi connectivity index (χ1) is 14.0. The van der Waals surface area contributed by atoms with Crippen LogP contribution in [0.4, 0.5) is 6.01 Å². The average Bonchev–Trinajstić information content (AvgIpc) is 3.23. The maximum atomic E-state index is 5.84. The number of nitrogens with zero attached hydrogens (tertiary/aromatic N) is 3. The van der Waals surface area contributed by atoms with E-state index in [0.29, 0.717) is 25.1 Å². The van der Waals surface area contributed by atoms with Crippen LogP contribution in [-0.2, 0) is 16.8 Å². The summed E-state index contributed by atoms with van der Waals surface area (Å²) < 4.78 is 16.9. The first kappa shape index (κ1) is 19.5. The summed E-state index contributed by atoms with van der Waals surface area (Å²) in [5, 5.41) is 8.20. The molecule has 0 bridgehead atoms. The standard InChI is InChI=1S/C23H27N3O3/c1-17-4-6-18(7-5-17)23(2,3)19-8-10-20(11-9-19)28-16-21-24-25-22(29-21)26-12-14-27-15-13-26/h4-11H,12-16H2,1-3H3. The first-order valence-electron chi connectivity index (χ1n) is 9.98. The van der Waals surface area contributed by atoms with Gasteiger partial charge in [0, 0.05) is 18.5 Å². The van der Waals surface area contributed by atoms with E-state index < -0.39 is 0 Å². The van der Waals surface area contributed by atoms with Crippen molar-refractivity contribution in [2.24, 2.45) is 0 Å². The second-order valence-corrected chi connectivity index (χ2v) is 7.88. The molecule has 29 heavy (non-hydrogen) atoms. The predicted molar refractivity (Wildman–Crippen MR) is 111 cm³/mol. The second-order valence-electron chi connectivity index (χ2n) is 7.88. The number of aromatic nitrogens is 2. The number of ether oxygens (including phenoxy) is 2. The van der Waals surface area contributed by atoms with Crippen LogP contribution in [0.15, 0.2) is 52.9 Å². The van der Waals surface area contributed by atoms with Crippen molar-refractivity contribution < 1.29 is 13.9 Å². The lowest BCUT2D eigenvalue weighted by atomic mass is 9.78. The monoisotopic (exact) mass is 393 g/mol. The van der Waals surface area contributed by atoms with Crippen molar-refractivity contribution in [2.45, 2.75) is 32.8 Å². The maximum Gasteiger partial charge on any atom is 0.318 e. The van der Waals surface area contributed by atoms with Gasteiger partial charge >= 0.3 is 6.01 Å². The zero-order valence-electron chi connectivity index (χ0n) is 17.2. The summed E-state index contributed by atoms with van der Waals surface area (Å²) in [6, 6.07) is 17.4. The van der Waals surface area contributed by atoms with Gasteiger partial charge in [0.25, 0.3) is 5.89 Å². The molecule has 2 heterocycles. The highest BCUT2D eigenvalue weighted by atomic mass is 16.5. The Bertz CT molecular complexity index is 927. The van der Waals surface area contributed by atoms with Crippen molar-refractivity contribution in [2.75, 3.05) is 31.2 Å². The molecule has 0 aliphatic carbocycles. The SMILES string of the molecule is Cc1ccc(C(C)(C)c2ccc(OCc3nnc(N4CCOCC4)o3)cc2)cc1. The molecule has 0 spiro atoms. The third-order valence-corrected chi connectivity index (χ3v) is 5.45. The van der Waals surface area contributed by atoms with Crippen LogP contribution in [0.25, 0.3) is 0 Å². The molecule has 1 aliphatic rings. The Morgan fingerprint density at radius 2 is 1.55 bits per heavy atom. The average molecular weight is 393 g/mol. The zero-order chi connectivity index (χ0) is 20.3. The van der Waals surface area contributed by atoms with Gasteiger partial charge in [-0.05, 0) is 30.2 Å². The number of morpholine rings is 1. The lowest BCUT2D eigenvalue weighted by Crippen LogP contribution is -2.36. The quantitative estimate of drug-likeness (QED) is 0.628. The predicted octanol–water partition coefficient (Wildman–Crippen LogP) is 4.12. The molecule has 0 radical (unpaired) electrons. The lowest BCUT2D eigenvalue weighted by molar-refractivity contribution is 0.120. The van der Waals surface area contributed by atoms with Gasteiger partial charge < -0.3 is 18.8 Å². The lowest BCUT2D eigenvalue weighted by Gasteiger charge is -2.26. The highest BCUT2D eigenvalue weighted by Gasteiger charge is 2.23. The summed E-state index contributed by atoms with van der Waals surface area (Å²) in [4.78, 5) is 2.03. The fourth-order valence-electron chi connectivity index (χ4n) is 3.44. The van der Waals surface area contributed by atoms with E-state index in [9.17, 15) is 0 Å². The molecule has 3 aromatic rings. The van der Waals surface area contributed by atoms with Crippen molar-refractivity contribution in [3.05, 3.63) is 71.1 Å². The Hall–Kier alpha value is -2.86. The van der Waals surface area contributed by atoms with Crippen molar-refractivity contribution in [1.82, 2.24) is 10.2 Å². The largest absolute Gasteiger partial charge is 0.484 e. The Balaban J connectivity index is 1.38. The van der Waals surface area contributed by atoms with Crippen LogP contribution in [0.1, 0.15) is 36.4 Å². The Morgan fingerprint density at radius 1 is 0.931 bits per heavy atom. The number of benzene rings is 2. The molecule has 1 fully saturated rings. The summed E-state index contributed by atoms with van der Waals surface area (Å²) in [6.07, 6.45) is 0. The van der Waals surface area contributed by atoms with Gasteiger partial charge in [0.2, 0.25) is 0 Å². The van der Waals surface area contributed by atoms with Crippen LogP contribution in [0, 0.1) is 6.92 Å². The Labute approximate surface area is 171 Å². The molecule has 4 rings (SSSR count). The van der Waals surface area contributed by atoms with Gasteiger partial charge in [-0.15, -0.1) is 5.10 Å². The van der Waals surface area contributed by atoms with E-state index in [0.717, 1.165) is 18.8 Å². The number of aryl methyl sites for hydroxylation is 1. The zero-order valence-corrected chi connectivity index (χ0v) is 17.2. The number of anilines is 1. The maximum absolute atomic E-state index is 5.84. The third-order valence-electron chi connectivity index (χ3n) is 5.45. The minimum absolute atomic E-state index is 0.0776. The van der Waals surface area contributed by atoms with Gasteiger partial charge in [-0.3, -0.25) is 0 Å². The van der Waals surface area contributed by atoms with E-state index in [4.69, 9.17) is 13.9 Å². The molecular weight excluding hydrogens is 366 g/mol. The van der Waals surface area contributed by atoms with Crippen LogP contribution in [0.5, 0.6) is 5.75 Å². The molecular formula is C23H27N3O3. The van der Waals surface area contributed by atoms with Crippen LogP contribution in [0.3, 0.4) is 0 Å². The van der Waals surface area contributed by atoms with Gasteiger partial charge in [-0.25, -0.2) is 0 Å². The minimum atomic E-state index is -0.0776. The van der Waals surface area contributed by atoms with Crippen molar-refractivity contribution in [3.8, 4) is 5.75 Å². The fourth-order valence-corrected chi connectivity index (χ4v) is 3.44. The Morgan fingerprint density at radius 3 is 2.21 bits per heavy atom. The van der Waals surface area contributed by atoms with Gasteiger partial charge in [0.15, 0.2) is 6.61 Å². The molecule has 152 valence electrons. The molecule has 0 saturated carbocycles. The summed E-state index contributed by atoms with van der Waals surface area (Å²) in [5.74, 6) is 1.25. The number of rotatable bonds is 6. The molecule has 0 amide bonds. The first-order valence-corrected chi connectivity index (χ1v) is 9.98. The molecule has 0 atom stereocenters. The number of hydrogen-bond donors (Lipinski definition) is 0. The van der Waals surface area contributed by atoms with Crippen LogP contribution in [-0.4, -0.2) is 36.5 Å². The summed E-state index contributed by atoms with van der Waals surface area (Å²) in [7, 11) is 0. The van der Waals surface area contributed by atoms with Crippen LogP contribution in [0.2, 0.25) is 0 Å². The summed E-state index contributed by atoms with van der Waals surface area (Å²) >= 11 is 0. The van der Waals surface area contributed by atoms with E-state index in [1.54, 1.807) is 0 Å². The molecule has 0 unspecified atom stereocenters. The third kappa shape index (κ3) is 4.43. The van der Waals surface area contributed by atoms with Gasteiger partial charge in [-0.1, -0.05) is 60.9 Å². The van der Waals surface area contributed by atoms with E-state index in [1.165, 1.54) is 16.7 Å². The highest BCUT2D eigenvalue weighted by molar-refractivity contribution is 5.40. The molecule has 1 aromatic heterocycles. The van der Waals surface area contributed by atoms with E-state index in [2.05, 4.69) is 67.4 Å². The van der Waals surface area contributed by atoms with Crippen LogP contribution >= 0.6 is 0 Å². The Kier molecular flexibility index (Phi) is 5.53. The van der Waals surface area contributed by atoms with Crippen molar-refractivity contribution in [1.29, 1.82) is 0 Å². The molecule has 1 saturated heterocycles. The van der Waals surface area contributed by atoms with E-state index >= 15 is 0 Å². The highest BCUT2D eigenvalue weighted by Crippen LogP contribution is 2.32. The molecule has 1 aliphatic heterocycles. The smallest absolute Gasteiger partial charge is 0.318 e. The van der Waals surface area contributed by atoms with E-state index in [-0.39, 0.29) is 12.0 Å². The molecule has 6 nitrogen and oxygen atoms in total. The topological polar surface area (TPSA) is 60.6 Å². The minimum Gasteiger partial charge on any atom is -0.484 e. The number of hydrogen-bond acceptors (Lipinski definition) is 6. The van der Waals surface area contributed by atoms with Crippen molar-refractivity contribution in [3.63, 3.8) is 0 Å². The fraction of sp³-hybridized carbons (Fsp3) is 0.391. The second kappa shape index (κ2) is 8.25. The van der Waals surface area contributed by atoms with Gasteiger partial charge in [0.05, 0.1) is 13.2 Å². The van der Waals surface area contributed by atoms with Crippen molar-refractivity contribution >= 4 is 6.01 Å². The summed E-state index contributed by atoms with van der Waals surface area (Å²) in [6.45, 7) is 9.72. The molecule has 6 heteroatoms. The van der Waals surface area contributed by atoms with Gasteiger partial charge in [-0.2, -0.15) is 0 Å². The molecule has 2 aromatic carbocycles. The molecule has 0 N–H and O–H groups in total. The van der Waals surface area contributed by atoms with Gasteiger partial charge in [0.1, 0.15) is 5.75 Å². The van der Waals surface area contributed by atoms with Crippen LogP contribution < -0.4 is 9.64 Å². The van der Waals surface area contributed by atoms with E-state index in [1.807, 2.05) is 17.0 Å². The normalized spacial score (nSPS) is 14.8.